The zero-order chi connectivity index (χ0) is 20.4. The number of rotatable bonds is 6. The summed E-state index contributed by atoms with van der Waals surface area (Å²) in [6.45, 7) is 3.20. The molecule has 0 aliphatic carbocycles. The van der Waals surface area contributed by atoms with E-state index in [1.54, 1.807) is 11.8 Å². The van der Waals surface area contributed by atoms with E-state index < -0.39 is 6.04 Å². The van der Waals surface area contributed by atoms with Gasteiger partial charge in [0, 0.05) is 32.3 Å². The smallest absolute Gasteiger partial charge is 0.249 e. The first kappa shape index (κ1) is 21.8. The summed E-state index contributed by atoms with van der Waals surface area (Å²) in [5.74, 6) is 1.29. The molecule has 0 bridgehead atoms. The Bertz CT molecular complexity index is 1000. The third kappa shape index (κ3) is 4.31. The van der Waals surface area contributed by atoms with Gasteiger partial charge in [0.2, 0.25) is 17.6 Å². The molecule has 3 aromatic rings. The van der Waals surface area contributed by atoms with Crippen molar-refractivity contribution in [3.63, 3.8) is 0 Å². The van der Waals surface area contributed by atoms with Gasteiger partial charge < -0.3 is 19.9 Å². The molecule has 1 aliphatic rings. The summed E-state index contributed by atoms with van der Waals surface area (Å²) in [4.78, 5) is 17.4. The number of hydrogen-bond acceptors (Lipinski definition) is 7. The predicted octanol–water partition coefficient (Wildman–Crippen LogP) is 2.08. The number of nitrogens with one attached hydrogen (secondary N) is 2. The van der Waals surface area contributed by atoms with Gasteiger partial charge in [0.25, 0.3) is 0 Å². The Balaban J connectivity index is 0.00000256. The first-order chi connectivity index (χ1) is 14.1. The summed E-state index contributed by atoms with van der Waals surface area (Å²) in [7, 11) is 3.47. The highest BCUT2D eigenvalue weighted by atomic mass is 35.5. The van der Waals surface area contributed by atoms with Crippen LogP contribution in [0.5, 0.6) is 5.75 Å². The second-order valence-corrected chi connectivity index (χ2v) is 7.21. The first-order valence-corrected chi connectivity index (χ1v) is 9.53. The van der Waals surface area contributed by atoms with Crippen molar-refractivity contribution < 1.29 is 14.1 Å². The average molecular weight is 433 g/mol. The van der Waals surface area contributed by atoms with Crippen molar-refractivity contribution in [1.82, 2.24) is 30.6 Å². The first-order valence-electron chi connectivity index (χ1n) is 9.53. The maximum absolute atomic E-state index is 12.9. The van der Waals surface area contributed by atoms with E-state index in [2.05, 4.69) is 25.9 Å². The molecule has 1 aliphatic heterocycles. The lowest BCUT2D eigenvalue weighted by Crippen LogP contribution is -2.36. The molecule has 1 saturated heterocycles. The van der Waals surface area contributed by atoms with E-state index in [0.717, 1.165) is 17.7 Å². The van der Waals surface area contributed by atoms with Gasteiger partial charge in [-0.05, 0) is 24.6 Å². The van der Waals surface area contributed by atoms with Crippen molar-refractivity contribution in [1.29, 1.82) is 0 Å². The number of ether oxygens (including phenoxy) is 1. The normalized spacial score (nSPS) is 19.2. The fraction of sp³-hybridized carbons (Fsp3) is 0.400. The quantitative estimate of drug-likeness (QED) is 0.614. The molecule has 10 heteroatoms. The number of methoxy groups -OCH3 is 1. The van der Waals surface area contributed by atoms with Crippen LogP contribution < -0.4 is 15.4 Å². The number of aryl methyl sites for hydroxylation is 1. The van der Waals surface area contributed by atoms with Crippen LogP contribution in [-0.4, -0.2) is 46.0 Å². The Labute approximate surface area is 180 Å². The molecule has 9 nitrogen and oxygen atoms in total. The number of halogens is 1. The second-order valence-electron chi connectivity index (χ2n) is 7.21. The van der Waals surface area contributed by atoms with Crippen molar-refractivity contribution in [2.24, 2.45) is 13.0 Å². The van der Waals surface area contributed by atoms with E-state index in [9.17, 15) is 4.79 Å². The highest BCUT2D eigenvalue weighted by molar-refractivity contribution is 5.85. The molecule has 0 spiro atoms. The third-order valence-electron chi connectivity index (χ3n) is 5.22. The van der Waals surface area contributed by atoms with Gasteiger partial charge in [-0.25, -0.2) is 0 Å². The van der Waals surface area contributed by atoms with Crippen LogP contribution in [0.4, 0.5) is 0 Å². The Hall–Kier alpha value is -2.91. The molecule has 0 saturated carbocycles. The lowest BCUT2D eigenvalue weighted by molar-refractivity contribution is -0.125. The number of amides is 1. The largest absolute Gasteiger partial charge is 0.496 e. The van der Waals surface area contributed by atoms with Crippen LogP contribution in [0, 0.1) is 5.92 Å². The van der Waals surface area contributed by atoms with Crippen LogP contribution in [0.3, 0.4) is 0 Å². The molecule has 1 fully saturated rings. The van der Waals surface area contributed by atoms with Crippen LogP contribution in [-0.2, 0) is 11.8 Å². The summed E-state index contributed by atoms with van der Waals surface area (Å²) >= 11 is 0. The molecule has 30 heavy (non-hydrogen) atoms. The molecule has 4 rings (SSSR count). The average Bonchev–Trinajstić information content (AvgIpc) is 3.47. The van der Waals surface area contributed by atoms with Crippen molar-refractivity contribution in [2.75, 3.05) is 20.2 Å². The van der Waals surface area contributed by atoms with Gasteiger partial charge in [-0.1, -0.05) is 17.3 Å². The van der Waals surface area contributed by atoms with Gasteiger partial charge in [0.05, 0.1) is 24.8 Å². The van der Waals surface area contributed by atoms with Crippen LogP contribution >= 0.6 is 12.4 Å². The summed E-state index contributed by atoms with van der Waals surface area (Å²) in [5.41, 5.74) is 1.79. The van der Waals surface area contributed by atoms with Gasteiger partial charge in [0.1, 0.15) is 11.8 Å². The topological polar surface area (TPSA) is 107 Å². The molecule has 160 valence electrons. The molecule has 1 amide bonds. The lowest BCUT2D eigenvalue weighted by Gasteiger charge is -2.18. The number of nitrogens with zero attached hydrogens (tertiary/aromatic N) is 4. The Morgan fingerprint density at radius 3 is 2.90 bits per heavy atom. The number of aromatic nitrogens is 4. The van der Waals surface area contributed by atoms with Crippen molar-refractivity contribution in [3.8, 4) is 17.1 Å². The zero-order valence-electron chi connectivity index (χ0n) is 17.0. The molecule has 1 aromatic carbocycles. The van der Waals surface area contributed by atoms with E-state index >= 15 is 0 Å². The number of para-hydroxylation sites is 1. The minimum atomic E-state index is -0.409. The van der Waals surface area contributed by atoms with Gasteiger partial charge >= 0.3 is 0 Å². The van der Waals surface area contributed by atoms with Crippen LogP contribution in [0.15, 0.2) is 41.2 Å². The predicted molar refractivity (Wildman–Crippen MR) is 112 cm³/mol. The van der Waals surface area contributed by atoms with E-state index in [4.69, 9.17) is 9.26 Å². The Morgan fingerprint density at radius 2 is 2.17 bits per heavy atom. The van der Waals surface area contributed by atoms with Gasteiger partial charge in [-0.2, -0.15) is 10.1 Å². The summed E-state index contributed by atoms with van der Waals surface area (Å²) in [6, 6.07) is 7.04. The third-order valence-corrected chi connectivity index (χ3v) is 5.22. The minimum Gasteiger partial charge on any atom is -0.496 e. The van der Waals surface area contributed by atoms with E-state index in [0.29, 0.717) is 24.0 Å². The molecule has 2 N–H and O–H groups in total. The molecular formula is C20H25ClN6O3. The van der Waals surface area contributed by atoms with Gasteiger partial charge in [-0.15, -0.1) is 12.4 Å². The maximum Gasteiger partial charge on any atom is 0.249 e. The molecule has 1 unspecified atom stereocenters. The summed E-state index contributed by atoms with van der Waals surface area (Å²) in [5, 5.41) is 14.6. The number of carbonyl (C=O) groups excluding carboxylic acids is 1. The number of benzene rings is 1. The molecule has 0 radical (unpaired) electrons. The number of carbonyl (C=O) groups is 1. The SMILES string of the molecule is COc1ccccc1-c1noc(C(C)NC(=O)[C@H]2CNC[C@@H]2c2cnn(C)c2)n1.Cl. The van der Waals surface area contributed by atoms with E-state index in [1.807, 2.05) is 50.6 Å². The fourth-order valence-electron chi connectivity index (χ4n) is 3.67. The fourth-order valence-corrected chi connectivity index (χ4v) is 3.67. The van der Waals surface area contributed by atoms with Crippen LogP contribution in [0.25, 0.3) is 11.4 Å². The van der Waals surface area contributed by atoms with Crippen molar-refractivity contribution in [2.45, 2.75) is 18.9 Å². The molecule has 3 heterocycles. The van der Waals surface area contributed by atoms with Gasteiger partial charge in [-0.3, -0.25) is 9.48 Å². The molecule has 2 aromatic heterocycles. The summed E-state index contributed by atoms with van der Waals surface area (Å²) < 4.78 is 12.5. The Morgan fingerprint density at radius 1 is 1.37 bits per heavy atom. The second kappa shape index (κ2) is 9.27. The van der Waals surface area contributed by atoms with Gasteiger partial charge in [0.15, 0.2) is 0 Å². The van der Waals surface area contributed by atoms with Crippen molar-refractivity contribution in [3.05, 3.63) is 48.1 Å². The molecule has 3 atom stereocenters. The van der Waals surface area contributed by atoms with Crippen molar-refractivity contribution >= 4 is 18.3 Å². The number of hydrogen-bond donors (Lipinski definition) is 2. The lowest BCUT2D eigenvalue weighted by atomic mass is 9.90. The van der Waals surface area contributed by atoms with E-state index in [-0.39, 0.29) is 30.2 Å². The maximum atomic E-state index is 12.9. The molecular weight excluding hydrogens is 408 g/mol. The standard InChI is InChI=1S/C20H24N6O3.ClH/c1-12(20-24-18(25-29-20)14-6-4-5-7-17(14)28-3)23-19(27)16-10-21-9-15(16)13-8-22-26(2)11-13;/h4-8,11-12,15-16,21H,9-10H2,1-3H3,(H,23,27);1H/t12?,15-,16+;/m1./s1. The summed E-state index contributed by atoms with van der Waals surface area (Å²) in [6.07, 6.45) is 3.78. The van der Waals surface area contributed by atoms with E-state index in [1.165, 1.54) is 0 Å². The Kier molecular flexibility index (Phi) is 6.73. The minimum absolute atomic E-state index is 0. The van der Waals surface area contributed by atoms with Crippen LogP contribution in [0.2, 0.25) is 0 Å². The highest BCUT2D eigenvalue weighted by Gasteiger charge is 2.35. The monoisotopic (exact) mass is 432 g/mol. The zero-order valence-corrected chi connectivity index (χ0v) is 17.8. The van der Waals surface area contributed by atoms with Crippen LogP contribution in [0.1, 0.15) is 30.3 Å². The highest BCUT2D eigenvalue weighted by Crippen LogP contribution is 2.30.